The van der Waals surface area contributed by atoms with E-state index in [1.54, 1.807) is 17.9 Å². The third-order valence-electron chi connectivity index (χ3n) is 4.11. The van der Waals surface area contributed by atoms with Gasteiger partial charge < -0.3 is 9.64 Å². The molecule has 1 unspecified atom stereocenters. The Labute approximate surface area is 147 Å². The quantitative estimate of drug-likeness (QED) is 0.834. The lowest BCUT2D eigenvalue weighted by atomic mass is 10.2. The van der Waals surface area contributed by atoms with Gasteiger partial charge in [0, 0.05) is 19.5 Å². The van der Waals surface area contributed by atoms with Gasteiger partial charge in [-0.05, 0) is 32.0 Å². The summed E-state index contributed by atoms with van der Waals surface area (Å²) < 4.78 is 33.0. The predicted octanol–water partition coefficient (Wildman–Crippen LogP) is 2.12. The molecule has 3 rings (SSSR count). The summed E-state index contributed by atoms with van der Waals surface area (Å²) in [6.07, 6.45) is 1.86. The van der Waals surface area contributed by atoms with Gasteiger partial charge in [-0.1, -0.05) is 6.92 Å². The van der Waals surface area contributed by atoms with E-state index in [-0.39, 0.29) is 16.9 Å². The molecule has 1 aliphatic rings. The van der Waals surface area contributed by atoms with Crippen molar-refractivity contribution >= 4 is 21.6 Å². The molecule has 1 aliphatic heterocycles. The summed E-state index contributed by atoms with van der Waals surface area (Å²) in [4.78, 5) is 17.8. The van der Waals surface area contributed by atoms with Gasteiger partial charge in [0.15, 0.2) is 0 Å². The average molecular weight is 363 g/mol. The number of rotatable bonds is 3. The zero-order valence-corrected chi connectivity index (χ0v) is 15.5. The van der Waals surface area contributed by atoms with Crippen LogP contribution in [0.2, 0.25) is 0 Å². The number of fused-ring (bicyclic) bond motifs is 1. The second-order valence-corrected chi connectivity index (χ2v) is 7.96. The number of hydrogen-bond acceptors (Lipinski definition) is 5. The molecule has 134 valence electrons. The predicted molar refractivity (Wildman–Crippen MR) is 93.5 cm³/mol. The topological polar surface area (TPSA) is 81.5 Å². The number of aromatic nitrogens is 2. The average Bonchev–Trinajstić information content (AvgIpc) is 2.95. The van der Waals surface area contributed by atoms with Crippen LogP contribution in [0.15, 0.2) is 29.3 Å². The third-order valence-corrected chi connectivity index (χ3v) is 5.79. The lowest BCUT2D eigenvalue weighted by Gasteiger charge is -2.33. The molecule has 2 heterocycles. The molecule has 0 N–H and O–H groups in total. The van der Waals surface area contributed by atoms with Crippen molar-refractivity contribution in [2.24, 2.45) is 0 Å². The van der Waals surface area contributed by atoms with E-state index in [0.29, 0.717) is 35.9 Å². The van der Waals surface area contributed by atoms with Crippen LogP contribution in [-0.2, 0) is 21.2 Å². The Morgan fingerprint density at radius 3 is 2.76 bits per heavy atom. The fourth-order valence-corrected chi connectivity index (χ4v) is 4.42. The van der Waals surface area contributed by atoms with Crippen LogP contribution in [0, 0.1) is 6.92 Å². The van der Waals surface area contributed by atoms with Crippen LogP contribution in [-0.4, -0.2) is 35.9 Å². The Morgan fingerprint density at radius 2 is 2.12 bits per heavy atom. The Morgan fingerprint density at radius 1 is 1.40 bits per heavy atom. The number of nitrogens with zero attached hydrogens (tertiary/aromatic N) is 3. The van der Waals surface area contributed by atoms with Crippen molar-refractivity contribution in [3.05, 3.63) is 35.9 Å². The first-order chi connectivity index (χ1) is 11.7. The van der Waals surface area contributed by atoms with Crippen LogP contribution in [0.3, 0.4) is 0 Å². The summed E-state index contributed by atoms with van der Waals surface area (Å²) in [6.45, 7) is 7.32. The highest BCUT2D eigenvalue weighted by molar-refractivity contribution is 7.90. The SMILES string of the molecule is CCc1nc(C)cn1S(=O)(=O)c1ccc2c(c1)N(C(C)=O)CC(C)O2. The van der Waals surface area contributed by atoms with Gasteiger partial charge in [-0.25, -0.2) is 17.4 Å². The van der Waals surface area contributed by atoms with E-state index in [1.165, 1.54) is 29.2 Å². The maximum atomic E-state index is 13.0. The zero-order chi connectivity index (χ0) is 18.4. The summed E-state index contributed by atoms with van der Waals surface area (Å²) in [5.74, 6) is 0.826. The monoisotopic (exact) mass is 363 g/mol. The van der Waals surface area contributed by atoms with Crippen molar-refractivity contribution in [2.75, 3.05) is 11.4 Å². The molecule has 0 spiro atoms. The van der Waals surface area contributed by atoms with Crippen molar-refractivity contribution in [1.82, 2.24) is 8.96 Å². The number of benzene rings is 1. The molecule has 7 nitrogen and oxygen atoms in total. The van der Waals surface area contributed by atoms with Crippen LogP contribution in [0.4, 0.5) is 5.69 Å². The maximum Gasteiger partial charge on any atom is 0.269 e. The number of carbonyl (C=O) groups excluding carboxylic acids is 1. The number of anilines is 1. The van der Waals surface area contributed by atoms with E-state index in [2.05, 4.69) is 4.98 Å². The first-order valence-corrected chi connectivity index (χ1v) is 9.57. The Balaban J connectivity index is 2.13. The molecule has 1 amide bonds. The van der Waals surface area contributed by atoms with Gasteiger partial charge in [0.1, 0.15) is 17.7 Å². The van der Waals surface area contributed by atoms with Gasteiger partial charge in [0.25, 0.3) is 10.0 Å². The van der Waals surface area contributed by atoms with E-state index < -0.39 is 10.0 Å². The van der Waals surface area contributed by atoms with Crippen molar-refractivity contribution in [1.29, 1.82) is 0 Å². The molecule has 2 aromatic rings. The fraction of sp³-hybridized carbons (Fsp3) is 0.412. The number of aryl methyl sites for hydroxylation is 2. The van der Waals surface area contributed by atoms with Gasteiger partial charge in [-0.3, -0.25) is 4.79 Å². The fourth-order valence-electron chi connectivity index (χ4n) is 2.96. The summed E-state index contributed by atoms with van der Waals surface area (Å²) >= 11 is 0. The van der Waals surface area contributed by atoms with E-state index in [1.807, 2.05) is 13.8 Å². The lowest BCUT2D eigenvalue weighted by molar-refractivity contribution is -0.117. The maximum absolute atomic E-state index is 13.0. The molecule has 0 bridgehead atoms. The number of ether oxygens (including phenoxy) is 1. The number of hydrogen-bond donors (Lipinski definition) is 0. The highest BCUT2D eigenvalue weighted by Crippen LogP contribution is 2.36. The van der Waals surface area contributed by atoms with Crippen LogP contribution in [0.5, 0.6) is 5.75 Å². The molecule has 0 radical (unpaired) electrons. The zero-order valence-electron chi connectivity index (χ0n) is 14.7. The van der Waals surface area contributed by atoms with E-state index in [0.717, 1.165) is 0 Å². The number of amides is 1. The minimum absolute atomic E-state index is 0.0998. The van der Waals surface area contributed by atoms with Gasteiger partial charge >= 0.3 is 0 Å². The van der Waals surface area contributed by atoms with Crippen molar-refractivity contribution < 1.29 is 17.9 Å². The van der Waals surface area contributed by atoms with E-state index >= 15 is 0 Å². The first kappa shape index (κ1) is 17.5. The number of imidazole rings is 1. The first-order valence-electron chi connectivity index (χ1n) is 8.13. The normalized spacial score (nSPS) is 17.1. The molecule has 0 aliphatic carbocycles. The molecule has 0 saturated carbocycles. The second kappa shape index (κ2) is 6.18. The molecular weight excluding hydrogens is 342 g/mol. The van der Waals surface area contributed by atoms with Gasteiger partial charge in [-0.2, -0.15) is 0 Å². The smallest absolute Gasteiger partial charge is 0.269 e. The molecular formula is C17H21N3O4S. The molecule has 0 fully saturated rings. The van der Waals surface area contributed by atoms with Gasteiger partial charge in [0.05, 0.1) is 22.8 Å². The second-order valence-electron chi connectivity index (χ2n) is 6.14. The van der Waals surface area contributed by atoms with Gasteiger partial charge in [0.2, 0.25) is 5.91 Å². The van der Waals surface area contributed by atoms with Crippen LogP contribution >= 0.6 is 0 Å². The molecule has 8 heteroatoms. The Kier molecular flexibility index (Phi) is 4.32. The minimum Gasteiger partial charge on any atom is -0.487 e. The van der Waals surface area contributed by atoms with E-state index in [4.69, 9.17) is 4.74 Å². The molecule has 25 heavy (non-hydrogen) atoms. The van der Waals surface area contributed by atoms with Gasteiger partial charge in [-0.15, -0.1) is 0 Å². The summed E-state index contributed by atoms with van der Waals surface area (Å²) in [5.41, 5.74) is 1.11. The Hall–Kier alpha value is -2.35. The standard InChI is InChI=1S/C17H21N3O4S/c1-5-17-18-11(2)9-20(17)25(22,23)14-6-7-16-15(8-14)19(13(4)21)10-12(3)24-16/h6-9,12H,5,10H2,1-4H3. The minimum atomic E-state index is -3.80. The van der Waals surface area contributed by atoms with Crippen LogP contribution in [0.1, 0.15) is 32.3 Å². The summed E-state index contributed by atoms with van der Waals surface area (Å²) in [7, 11) is -3.80. The highest BCUT2D eigenvalue weighted by atomic mass is 32.2. The summed E-state index contributed by atoms with van der Waals surface area (Å²) in [6, 6.07) is 4.59. The molecule has 0 saturated heterocycles. The Bertz CT molecular complexity index is 933. The molecule has 1 aromatic heterocycles. The largest absolute Gasteiger partial charge is 0.487 e. The number of carbonyl (C=O) groups is 1. The third kappa shape index (κ3) is 3.02. The van der Waals surface area contributed by atoms with Crippen LogP contribution < -0.4 is 9.64 Å². The van der Waals surface area contributed by atoms with E-state index in [9.17, 15) is 13.2 Å². The lowest BCUT2D eigenvalue weighted by Crippen LogP contribution is -2.41. The van der Waals surface area contributed by atoms with Crippen molar-refractivity contribution in [3.8, 4) is 5.75 Å². The molecule has 1 atom stereocenters. The molecule has 1 aromatic carbocycles. The highest BCUT2D eigenvalue weighted by Gasteiger charge is 2.29. The summed E-state index contributed by atoms with van der Waals surface area (Å²) in [5, 5.41) is 0. The van der Waals surface area contributed by atoms with Crippen molar-refractivity contribution in [2.45, 2.75) is 45.1 Å². The van der Waals surface area contributed by atoms with Crippen LogP contribution in [0.25, 0.3) is 0 Å². The van der Waals surface area contributed by atoms with Crippen molar-refractivity contribution in [3.63, 3.8) is 0 Å².